The van der Waals surface area contributed by atoms with Gasteiger partial charge in [-0.25, -0.2) is 0 Å². The molecule has 34 heavy (non-hydrogen) atoms. The van der Waals surface area contributed by atoms with Crippen LogP contribution in [0.5, 0.6) is 0 Å². The average molecular weight is 588 g/mol. The minimum atomic E-state index is -1.77. The van der Waals surface area contributed by atoms with Gasteiger partial charge in [-0.2, -0.15) is 0 Å². The number of benzene rings is 4. The molecule has 178 valence electrons. The summed E-state index contributed by atoms with van der Waals surface area (Å²) in [6.07, 6.45) is 2.50. The van der Waals surface area contributed by atoms with E-state index in [0.717, 1.165) is 0 Å². The Morgan fingerprint density at radius 1 is 0.441 bits per heavy atom. The summed E-state index contributed by atoms with van der Waals surface area (Å²) in [6.45, 7) is 4.57. The molecule has 0 radical (unpaired) electrons. The Kier molecular flexibility index (Phi) is 15.2. The molecule has 0 unspecified atom stereocenters. The maximum absolute atomic E-state index is 4.95. The van der Waals surface area contributed by atoms with Crippen LogP contribution in [0.25, 0.3) is 0 Å². The quantitative estimate of drug-likeness (QED) is 0.202. The molecule has 4 aromatic carbocycles. The first-order chi connectivity index (χ1) is 16.6. The number of rotatable bonds is 6. The predicted octanol–water partition coefficient (Wildman–Crippen LogP) is 7.81. The van der Waals surface area contributed by atoms with E-state index in [-0.39, 0.29) is 0 Å². The van der Waals surface area contributed by atoms with Crippen molar-refractivity contribution in [3.63, 3.8) is 0 Å². The van der Waals surface area contributed by atoms with Crippen LogP contribution in [0.4, 0.5) is 0 Å². The molecule has 6 heteroatoms. The molecule has 0 saturated carbocycles. The van der Waals surface area contributed by atoms with E-state index in [2.05, 4.69) is 135 Å². The maximum atomic E-state index is 4.95. The summed E-state index contributed by atoms with van der Waals surface area (Å²) in [5, 5.41) is 6.04. The van der Waals surface area contributed by atoms with E-state index in [1.165, 1.54) is 33.5 Å². The summed E-state index contributed by atoms with van der Waals surface area (Å²) in [7, 11) is 13.8. The number of hydrogen-bond acceptors (Lipinski definition) is 0. The average Bonchev–Trinajstić information content (AvgIpc) is 2.88. The molecule has 0 nitrogen and oxygen atoms in total. The first-order valence-corrected chi connectivity index (χ1v) is 20.5. The standard InChI is InChI=1S/2C14H15P.3ClH.V/c2*1-2-15(13-9-5-3-6-10-13)14-11-7-4-8-12-14;;;;/h2*3-12H,2H2,1H3;3*1H;/q;;;;;+3/p-1. The third kappa shape index (κ3) is 10.9. The molecule has 0 aliphatic carbocycles. The minimum absolute atomic E-state index is 0.539. The fraction of sp³-hybridized carbons (Fsp3) is 0.143. The van der Waals surface area contributed by atoms with Gasteiger partial charge in [0.15, 0.2) is 0 Å². The monoisotopic (exact) mass is 586 g/mol. The van der Waals surface area contributed by atoms with Crippen molar-refractivity contribution in [3.8, 4) is 0 Å². The van der Waals surface area contributed by atoms with Crippen LogP contribution < -0.4 is 21.2 Å². The van der Waals surface area contributed by atoms with E-state index in [1.54, 1.807) is 0 Å². The van der Waals surface area contributed by atoms with Crippen LogP contribution in [0, 0.1) is 0 Å². The zero-order valence-corrected chi connectivity index (χ0v) is 25.2. The second-order valence-corrected chi connectivity index (χ2v) is 19.9. The van der Waals surface area contributed by atoms with Gasteiger partial charge >= 0.3 is 41.8 Å². The van der Waals surface area contributed by atoms with Gasteiger partial charge in [0, 0.05) is 0 Å². The third-order valence-corrected chi connectivity index (χ3v) is 10.7. The summed E-state index contributed by atoms with van der Waals surface area (Å²) < 4.78 is 0. The molecular weight excluding hydrogens is 556 g/mol. The fourth-order valence-electron chi connectivity index (χ4n) is 3.71. The van der Waals surface area contributed by atoms with E-state index in [9.17, 15) is 0 Å². The van der Waals surface area contributed by atoms with Crippen molar-refractivity contribution in [2.75, 3.05) is 12.3 Å². The Labute approximate surface area is 225 Å². The van der Waals surface area contributed by atoms with Crippen molar-refractivity contribution in [1.82, 2.24) is 0 Å². The summed E-state index contributed by atoms with van der Waals surface area (Å²) >= 11 is -1.77. The van der Waals surface area contributed by atoms with Crippen molar-refractivity contribution >= 4 is 66.6 Å². The zero-order valence-electron chi connectivity index (χ0n) is 19.5. The van der Waals surface area contributed by atoms with Gasteiger partial charge in [0.25, 0.3) is 0 Å². The second-order valence-electron chi connectivity index (χ2n) is 7.32. The topological polar surface area (TPSA) is 0 Å². The normalized spacial score (nSPS) is 10.4. The van der Waals surface area contributed by atoms with Crippen molar-refractivity contribution in [3.05, 3.63) is 121 Å². The van der Waals surface area contributed by atoms with Crippen LogP contribution in [0.15, 0.2) is 121 Å². The van der Waals surface area contributed by atoms with Crippen LogP contribution in [-0.2, 0) is 12.3 Å². The molecular formula is C28H32Cl3P2V+2. The Hall–Kier alpha value is -0.806. The first-order valence-electron chi connectivity index (χ1n) is 11.3. The first kappa shape index (κ1) is 29.4. The van der Waals surface area contributed by atoms with E-state index in [4.69, 9.17) is 29.5 Å². The van der Waals surface area contributed by atoms with Crippen LogP contribution >= 0.6 is 45.4 Å². The van der Waals surface area contributed by atoms with Gasteiger partial charge in [-0.15, -0.1) is 0 Å². The zero-order chi connectivity index (χ0) is 24.6. The number of hydrogen-bond donors (Lipinski definition) is 0. The van der Waals surface area contributed by atoms with Gasteiger partial charge in [-0.3, -0.25) is 0 Å². The molecule has 0 atom stereocenters. The van der Waals surface area contributed by atoms with Crippen molar-refractivity contribution in [1.29, 1.82) is 0 Å². The van der Waals surface area contributed by atoms with Gasteiger partial charge in [-0.05, 0) is 62.4 Å². The number of halogens is 3. The Morgan fingerprint density at radius 2 is 0.618 bits per heavy atom. The molecule has 0 fully saturated rings. The van der Waals surface area contributed by atoms with E-state index >= 15 is 0 Å². The van der Waals surface area contributed by atoms with E-state index < -0.39 is 28.1 Å². The predicted molar refractivity (Wildman–Crippen MR) is 160 cm³/mol. The van der Waals surface area contributed by atoms with Crippen LogP contribution in [0.2, 0.25) is 0 Å². The van der Waals surface area contributed by atoms with Crippen molar-refractivity contribution < 1.29 is 12.3 Å². The molecule has 0 saturated heterocycles. The Morgan fingerprint density at radius 3 is 0.765 bits per heavy atom. The van der Waals surface area contributed by atoms with Crippen LogP contribution in [-0.4, -0.2) is 12.3 Å². The van der Waals surface area contributed by atoms with Gasteiger partial charge in [-0.1, -0.05) is 72.8 Å². The molecule has 0 aromatic heterocycles. The van der Waals surface area contributed by atoms with Crippen molar-refractivity contribution in [2.24, 2.45) is 0 Å². The molecule has 4 aromatic rings. The SMILES string of the molecule is CC[PH+](c1ccccc1)c1ccccc1.CC[PH+](c1ccccc1)c1ccccc1.[Cl][V]([Cl])[Cl]. The van der Waals surface area contributed by atoms with E-state index in [1.807, 2.05) is 0 Å². The molecule has 0 bridgehead atoms. The summed E-state index contributed by atoms with van der Waals surface area (Å²) in [5.41, 5.74) is 0. The van der Waals surface area contributed by atoms with Crippen LogP contribution in [0.3, 0.4) is 0 Å². The second kappa shape index (κ2) is 17.6. The van der Waals surface area contributed by atoms with Gasteiger partial charge in [0.1, 0.15) is 0 Å². The molecule has 0 N–H and O–H groups in total. The third-order valence-electron chi connectivity index (χ3n) is 5.20. The summed E-state index contributed by atoms with van der Waals surface area (Å²) in [6, 6.07) is 43.5. The fourth-order valence-corrected chi connectivity index (χ4v) is 8.39. The van der Waals surface area contributed by atoms with Crippen molar-refractivity contribution in [2.45, 2.75) is 13.8 Å². The molecule has 0 aliphatic heterocycles. The Balaban J connectivity index is 0.000000208. The van der Waals surface area contributed by atoms with Gasteiger partial charge < -0.3 is 0 Å². The molecule has 0 amide bonds. The van der Waals surface area contributed by atoms with Gasteiger partial charge in [0.05, 0.1) is 49.4 Å². The summed E-state index contributed by atoms with van der Waals surface area (Å²) in [4.78, 5) is 0. The Bertz CT molecular complexity index is 856. The molecule has 0 spiro atoms. The van der Waals surface area contributed by atoms with E-state index in [0.29, 0.717) is 0 Å². The van der Waals surface area contributed by atoms with Gasteiger partial charge in [0.2, 0.25) is 0 Å². The van der Waals surface area contributed by atoms with Crippen LogP contribution in [0.1, 0.15) is 13.8 Å². The molecule has 0 heterocycles. The summed E-state index contributed by atoms with van der Waals surface area (Å²) in [5.74, 6) is 0. The molecule has 4 rings (SSSR count). The molecule has 0 aliphatic rings.